The van der Waals surface area contributed by atoms with Crippen LogP contribution in [0.5, 0.6) is 11.5 Å². The van der Waals surface area contributed by atoms with E-state index in [2.05, 4.69) is 0 Å². The molecule has 0 saturated carbocycles. The molecule has 2 fully saturated rings. The lowest BCUT2D eigenvalue weighted by molar-refractivity contribution is -0.140. The van der Waals surface area contributed by atoms with Gasteiger partial charge in [-0.3, -0.25) is 9.59 Å². The van der Waals surface area contributed by atoms with E-state index in [-0.39, 0.29) is 40.3 Å². The summed E-state index contributed by atoms with van der Waals surface area (Å²) in [6, 6.07) is 7.42. The first kappa shape index (κ1) is 23.1. The molecule has 0 spiro atoms. The number of likely N-dealkylation sites (tertiary alicyclic amines) is 1. The Hall–Kier alpha value is -3.10. The molecule has 174 valence electrons. The summed E-state index contributed by atoms with van der Waals surface area (Å²) < 4.78 is 29.9. The largest absolute Gasteiger partial charge is 0.507 e. The maximum absolute atomic E-state index is 13.6. The minimum Gasteiger partial charge on any atom is -0.507 e. The Kier molecular flexibility index (Phi) is 6.58. The number of Topliss-reactive ketones (excluding diaryl/α,β-unsaturated/α-hetero) is 1. The van der Waals surface area contributed by atoms with Crippen LogP contribution in [0.3, 0.4) is 0 Å². The van der Waals surface area contributed by atoms with Gasteiger partial charge in [0.2, 0.25) is 0 Å². The molecule has 33 heavy (non-hydrogen) atoms. The monoisotopic (exact) mass is 475 g/mol. The Balaban J connectivity index is 1.88. The zero-order valence-corrected chi connectivity index (χ0v) is 18.9. The Labute approximate surface area is 195 Å². The van der Waals surface area contributed by atoms with E-state index in [1.807, 2.05) is 0 Å². The lowest BCUT2D eigenvalue weighted by atomic mass is 9.94. The first-order valence-electron chi connectivity index (χ1n) is 10.4. The van der Waals surface area contributed by atoms with E-state index < -0.39 is 29.3 Å². The maximum atomic E-state index is 13.6. The molecule has 9 heteroatoms. The highest BCUT2D eigenvalue weighted by atomic mass is 35.5. The van der Waals surface area contributed by atoms with E-state index in [9.17, 15) is 19.1 Å². The van der Waals surface area contributed by atoms with Crippen LogP contribution in [0.25, 0.3) is 5.76 Å². The van der Waals surface area contributed by atoms with Gasteiger partial charge in [0.15, 0.2) is 0 Å². The second-order valence-corrected chi connectivity index (χ2v) is 8.23. The summed E-state index contributed by atoms with van der Waals surface area (Å²) in [6.07, 6.45) is 1.38. The highest BCUT2D eigenvalue weighted by Crippen LogP contribution is 2.43. The summed E-state index contributed by atoms with van der Waals surface area (Å²) in [7, 11) is 2.80. The molecular weight excluding hydrogens is 453 g/mol. The van der Waals surface area contributed by atoms with E-state index in [0.29, 0.717) is 12.2 Å². The van der Waals surface area contributed by atoms with Gasteiger partial charge in [0, 0.05) is 19.2 Å². The molecule has 2 aliphatic heterocycles. The molecule has 7 nitrogen and oxygen atoms in total. The van der Waals surface area contributed by atoms with Crippen molar-refractivity contribution in [2.24, 2.45) is 0 Å². The lowest BCUT2D eigenvalue weighted by Crippen LogP contribution is -2.36. The third-order valence-electron chi connectivity index (χ3n) is 5.88. The summed E-state index contributed by atoms with van der Waals surface area (Å²) >= 11 is 6.17. The topological polar surface area (TPSA) is 85.3 Å². The van der Waals surface area contributed by atoms with Crippen LogP contribution in [0.4, 0.5) is 4.39 Å². The zero-order chi connectivity index (χ0) is 23.7. The Morgan fingerprint density at radius 3 is 2.48 bits per heavy atom. The number of ether oxygens (including phenoxy) is 3. The first-order chi connectivity index (χ1) is 15.8. The predicted octanol–water partition coefficient (Wildman–Crippen LogP) is 4.10. The van der Waals surface area contributed by atoms with Gasteiger partial charge in [-0.25, -0.2) is 4.39 Å². The number of aliphatic hydroxyl groups excluding tert-OH is 1. The Morgan fingerprint density at radius 2 is 1.88 bits per heavy atom. The summed E-state index contributed by atoms with van der Waals surface area (Å²) in [5, 5.41) is 11.5. The SMILES string of the molecule is COc1cc(/C(O)=C2\C(=O)C(=O)N(CC3CCCO3)C2c2ccc(F)cc2)c(OC)cc1Cl. The highest BCUT2D eigenvalue weighted by molar-refractivity contribution is 6.46. The molecule has 2 saturated heterocycles. The number of aliphatic hydroxyl groups is 1. The molecule has 1 N–H and O–H groups in total. The number of hydrogen-bond acceptors (Lipinski definition) is 6. The van der Waals surface area contributed by atoms with Crippen molar-refractivity contribution in [1.82, 2.24) is 4.90 Å². The number of methoxy groups -OCH3 is 2. The van der Waals surface area contributed by atoms with E-state index in [4.69, 9.17) is 25.8 Å². The van der Waals surface area contributed by atoms with Gasteiger partial charge in [-0.05, 0) is 36.6 Å². The number of hydrogen-bond donors (Lipinski definition) is 1. The van der Waals surface area contributed by atoms with Crippen LogP contribution in [0, 0.1) is 5.82 Å². The first-order valence-corrected chi connectivity index (χ1v) is 10.8. The maximum Gasteiger partial charge on any atom is 0.295 e. The molecule has 2 aliphatic rings. The number of amides is 1. The van der Waals surface area contributed by atoms with Crippen molar-refractivity contribution in [3.8, 4) is 11.5 Å². The zero-order valence-electron chi connectivity index (χ0n) is 18.1. The molecule has 2 aromatic rings. The predicted molar refractivity (Wildman–Crippen MR) is 119 cm³/mol. The number of ketones is 1. The van der Waals surface area contributed by atoms with Crippen molar-refractivity contribution in [2.75, 3.05) is 27.4 Å². The van der Waals surface area contributed by atoms with Gasteiger partial charge in [0.25, 0.3) is 11.7 Å². The van der Waals surface area contributed by atoms with E-state index in [0.717, 1.165) is 12.8 Å². The highest BCUT2D eigenvalue weighted by Gasteiger charge is 2.47. The second-order valence-electron chi connectivity index (χ2n) is 7.83. The standard InChI is InChI=1S/C24H23ClFNO6/c1-31-18-11-17(25)19(32-2)10-16(18)22(28)20-21(13-5-7-14(26)8-6-13)27(24(30)23(20)29)12-15-4-3-9-33-15/h5-8,10-11,15,21,28H,3-4,9,12H2,1-2H3/b22-20+. The van der Waals surface area contributed by atoms with Gasteiger partial charge in [-0.1, -0.05) is 23.7 Å². The molecule has 2 unspecified atom stereocenters. The quantitative estimate of drug-likeness (QED) is 0.384. The average molecular weight is 476 g/mol. The van der Waals surface area contributed by atoms with Crippen LogP contribution < -0.4 is 9.47 Å². The molecule has 1 amide bonds. The van der Waals surface area contributed by atoms with Crippen LogP contribution in [0.15, 0.2) is 42.0 Å². The van der Waals surface area contributed by atoms with Crippen molar-refractivity contribution < 1.29 is 33.3 Å². The van der Waals surface area contributed by atoms with Gasteiger partial charge in [-0.2, -0.15) is 0 Å². The summed E-state index contributed by atoms with van der Waals surface area (Å²) in [5.41, 5.74) is 0.489. The lowest BCUT2D eigenvalue weighted by Gasteiger charge is -2.27. The number of halogens is 2. The Morgan fingerprint density at radius 1 is 1.18 bits per heavy atom. The van der Waals surface area contributed by atoms with Gasteiger partial charge >= 0.3 is 0 Å². The van der Waals surface area contributed by atoms with Gasteiger partial charge in [0.1, 0.15) is 23.1 Å². The van der Waals surface area contributed by atoms with E-state index >= 15 is 0 Å². The van der Waals surface area contributed by atoms with Crippen molar-refractivity contribution in [3.05, 3.63) is 63.9 Å². The fraction of sp³-hybridized carbons (Fsp3) is 0.333. The molecule has 0 radical (unpaired) electrons. The van der Waals surface area contributed by atoms with Crippen LogP contribution in [0.2, 0.25) is 5.02 Å². The minimum absolute atomic E-state index is 0.132. The fourth-order valence-corrected chi connectivity index (χ4v) is 4.49. The molecule has 2 atom stereocenters. The summed E-state index contributed by atoms with van der Waals surface area (Å²) in [4.78, 5) is 27.6. The number of carbonyl (C=O) groups excluding carboxylic acids is 2. The van der Waals surface area contributed by atoms with Crippen LogP contribution in [-0.4, -0.2) is 55.2 Å². The Bertz CT molecular complexity index is 1110. The van der Waals surface area contributed by atoms with Gasteiger partial charge in [0.05, 0.1) is 42.5 Å². The van der Waals surface area contributed by atoms with E-state index in [1.165, 1.54) is 55.5 Å². The molecule has 2 heterocycles. The number of rotatable bonds is 6. The van der Waals surface area contributed by atoms with Gasteiger partial charge in [-0.15, -0.1) is 0 Å². The number of nitrogens with zero attached hydrogens (tertiary/aromatic N) is 1. The summed E-state index contributed by atoms with van der Waals surface area (Å²) in [6.45, 7) is 0.752. The average Bonchev–Trinajstić information content (AvgIpc) is 3.41. The minimum atomic E-state index is -0.929. The molecule has 4 rings (SSSR count). The van der Waals surface area contributed by atoms with Crippen molar-refractivity contribution in [2.45, 2.75) is 25.0 Å². The molecule has 0 aromatic heterocycles. The molecule has 2 aromatic carbocycles. The second kappa shape index (κ2) is 9.41. The molecule has 0 bridgehead atoms. The normalized spacial score (nSPS) is 22.1. The van der Waals surface area contributed by atoms with Crippen LogP contribution >= 0.6 is 11.6 Å². The molecule has 0 aliphatic carbocycles. The smallest absolute Gasteiger partial charge is 0.295 e. The van der Waals surface area contributed by atoms with E-state index in [1.54, 1.807) is 0 Å². The number of benzene rings is 2. The van der Waals surface area contributed by atoms with Crippen molar-refractivity contribution in [3.63, 3.8) is 0 Å². The molecular formula is C24H23ClFNO6. The van der Waals surface area contributed by atoms with Crippen LogP contribution in [0.1, 0.15) is 30.0 Å². The fourth-order valence-electron chi connectivity index (χ4n) is 4.26. The van der Waals surface area contributed by atoms with Crippen molar-refractivity contribution in [1.29, 1.82) is 0 Å². The third-order valence-corrected chi connectivity index (χ3v) is 6.17. The van der Waals surface area contributed by atoms with Crippen LogP contribution in [-0.2, 0) is 14.3 Å². The van der Waals surface area contributed by atoms with Gasteiger partial charge < -0.3 is 24.2 Å². The number of carbonyl (C=O) groups is 2. The third kappa shape index (κ3) is 4.28. The van der Waals surface area contributed by atoms with Crippen molar-refractivity contribution >= 4 is 29.1 Å². The summed E-state index contributed by atoms with van der Waals surface area (Å²) in [5.74, 6) is -2.06.